The number of benzene rings is 1. The van der Waals surface area contributed by atoms with E-state index in [1.54, 1.807) is 12.4 Å². The molecule has 4 fully saturated rings. The molecule has 164 valence electrons. The van der Waals surface area contributed by atoms with Crippen LogP contribution >= 0.6 is 0 Å². The molecule has 0 spiro atoms. The highest BCUT2D eigenvalue weighted by Gasteiger charge is 2.54. The minimum absolute atomic E-state index is 0.124. The normalized spacial score (nSPS) is 28.2. The van der Waals surface area contributed by atoms with Gasteiger partial charge in [-0.15, -0.1) is 0 Å². The number of carbonyl (C=O) groups excluding carboxylic acids is 1. The van der Waals surface area contributed by atoms with Crippen LogP contribution in [0.4, 0.5) is 0 Å². The number of pyridine rings is 1. The Morgan fingerprint density at radius 3 is 2.34 bits per heavy atom. The van der Waals surface area contributed by atoms with Gasteiger partial charge in [-0.3, -0.25) is 14.6 Å². The molecule has 32 heavy (non-hydrogen) atoms. The summed E-state index contributed by atoms with van der Waals surface area (Å²) >= 11 is 0. The maximum Gasteiger partial charge on any atom is 0.274 e. The monoisotopic (exact) mass is 428 g/mol. The topological polar surface area (TPSA) is 76.9 Å². The highest BCUT2D eigenvalue weighted by Crippen LogP contribution is 2.60. The van der Waals surface area contributed by atoms with Crippen molar-refractivity contribution < 1.29 is 4.79 Å². The van der Waals surface area contributed by atoms with Crippen LogP contribution in [-0.4, -0.2) is 20.7 Å². The number of fused-ring (bicyclic) bond motifs is 1. The van der Waals surface area contributed by atoms with Crippen molar-refractivity contribution >= 4 is 16.7 Å². The molecule has 6 nitrogen and oxygen atoms in total. The van der Waals surface area contributed by atoms with E-state index in [2.05, 4.69) is 15.4 Å². The summed E-state index contributed by atoms with van der Waals surface area (Å²) in [6.45, 7) is 0.696. The first-order chi connectivity index (χ1) is 15.6. The van der Waals surface area contributed by atoms with Gasteiger partial charge in [-0.2, -0.15) is 5.10 Å². The van der Waals surface area contributed by atoms with Gasteiger partial charge in [0.1, 0.15) is 0 Å². The van der Waals surface area contributed by atoms with Crippen LogP contribution in [-0.2, 0) is 17.9 Å². The van der Waals surface area contributed by atoms with Crippen molar-refractivity contribution in [3.8, 4) is 0 Å². The highest BCUT2D eigenvalue weighted by atomic mass is 16.2. The van der Waals surface area contributed by atoms with Crippen molar-refractivity contribution in [2.75, 3.05) is 0 Å². The lowest BCUT2D eigenvalue weighted by Crippen LogP contribution is -2.53. The molecule has 6 heteroatoms. The molecule has 1 N–H and O–H groups in total. The third-order valence-corrected chi connectivity index (χ3v) is 7.94. The van der Waals surface area contributed by atoms with Gasteiger partial charge in [0, 0.05) is 23.2 Å². The number of rotatable bonds is 5. The molecule has 1 aromatic carbocycles. The number of nitrogens with one attached hydrogen (secondary N) is 1. The molecule has 4 aliphatic rings. The zero-order chi connectivity index (χ0) is 21.7. The number of hydrogen-bond donors (Lipinski definition) is 1. The van der Waals surface area contributed by atoms with E-state index in [1.165, 1.54) is 23.9 Å². The summed E-state index contributed by atoms with van der Waals surface area (Å²) in [5.41, 5.74) is 1.35. The first-order valence-corrected chi connectivity index (χ1v) is 11.8. The van der Waals surface area contributed by atoms with Gasteiger partial charge in [-0.05, 0) is 74.0 Å². The maximum absolute atomic E-state index is 13.4. The number of nitrogens with zero attached hydrogens (tertiary/aromatic N) is 3. The molecule has 3 aromatic rings. The summed E-state index contributed by atoms with van der Waals surface area (Å²) < 4.78 is 1.49. The van der Waals surface area contributed by atoms with E-state index in [1.807, 2.05) is 36.4 Å². The van der Waals surface area contributed by atoms with Crippen LogP contribution in [0.5, 0.6) is 0 Å². The Kier molecular flexibility index (Phi) is 4.63. The lowest BCUT2D eigenvalue weighted by atomic mass is 9.49. The van der Waals surface area contributed by atoms with Crippen molar-refractivity contribution in [2.45, 2.75) is 51.6 Å². The minimum atomic E-state index is -0.186. The van der Waals surface area contributed by atoms with E-state index >= 15 is 0 Å². The number of amides is 1. The largest absolute Gasteiger partial charge is 0.350 e. The molecule has 7 rings (SSSR count). The lowest BCUT2D eigenvalue weighted by Gasteiger charge is -2.55. The molecule has 0 radical (unpaired) electrons. The van der Waals surface area contributed by atoms with Crippen LogP contribution in [0.15, 0.2) is 53.6 Å². The second-order valence-corrected chi connectivity index (χ2v) is 10.2. The molecule has 4 saturated carbocycles. The number of carbonyl (C=O) groups is 1. The summed E-state index contributed by atoms with van der Waals surface area (Å²) in [4.78, 5) is 30.6. The molecule has 0 aliphatic heterocycles. The molecular weight excluding hydrogens is 400 g/mol. The van der Waals surface area contributed by atoms with Gasteiger partial charge in [0.25, 0.3) is 5.56 Å². The summed E-state index contributed by atoms with van der Waals surface area (Å²) in [6, 6.07) is 11.3. The molecular formula is C26H28N4O2. The molecule has 4 bridgehead atoms. The van der Waals surface area contributed by atoms with E-state index in [9.17, 15) is 9.59 Å². The molecule has 4 aliphatic carbocycles. The summed E-state index contributed by atoms with van der Waals surface area (Å²) in [5, 5.41) is 9.35. The lowest BCUT2D eigenvalue weighted by molar-refractivity contribution is -0.146. The van der Waals surface area contributed by atoms with Gasteiger partial charge in [0.2, 0.25) is 5.91 Å². The summed E-state index contributed by atoms with van der Waals surface area (Å²) in [5.74, 6) is 2.37. The Labute approximate surface area is 187 Å². The van der Waals surface area contributed by atoms with Crippen molar-refractivity contribution in [1.82, 2.24) is 20.1 Å². The average molecular weight is 429 g/mol. The summed E-state index contributed by atoms with van der Waals surface area (Å²) in [6.07, 6.45) is 10.5. The fourth-order valence-corrected chi connectivity index (χ4v) is 6.95. The zero-order valence-corrected chi connectivity index (χ0v) is 18.2. The fraction of sp³-hybridized carbons (Fsp3) is 0.462. The van der Waals surface area contributed by atoms with Gasteiger partial charge in [0.15, 0.2) is 0 Å². The first-order valence-electron chi connectivity index (χ1n) is 11.8. The van der Waals surface area contributed by atoms with Crippen LogP contribution in [0, 0.1) is 23.2 Å². The molecule has 1 amide bonds. The Hall–Kier alpha value is -3.02. The highest BCUT2D eigenvalue weighted by molar-refractivity contribution is 5.86. The number of aromatic nitrogens is 3. The van der Waals surface area contributed by atoms with Gasteiger partial charge in [-0.1, -0.05) is 24.3 Å². The predicted octanol–water partition coefficient (Wildman–Crippen LogP) is 3.67. The molecule has 2 heterocycles. The average Bonchev–Trinajstić information content (AvgIpc) is 2.80. The van der Waals surface area contributed by atoms with Crippen molar-refractivity contribution in [1.29, 1.82) is 0 Å². The third kappa shape index (κ3) is 3.33. The van der Waals surface area contributed by atoms with Gasteiger partial charge >= 0.3 is 0 Å². The minimum Gasteiger partial charge on any atom is -0.350 e. The Morgan fingerprint density at radius 1 is 1.00 bits per heavy atom. The van der Waals surface area contributed by atoms with E-state index in [0.29, 0.717) is 18.5 Å². The Balaban J connectivity index is 1.29. The van der Waals surface area contributed by atoms with Crippen molar-refractivity contribution in [2.24, 2.45) is 23.2 Å². The summed E-state index contributed by atoms with van der Waals surface area (Å²) in [7, 11) is 0. The van der Waals surface area contributed by atoms with Gasteiger partial charge in [-0.25, -0.2) is 4.68 Å². The number of hydrogen-bond acceptors (Lipinski definition) is 4. The van der Waals surface area contributed by atoms with Crippen LogP contribution in [0.25, 0.3) is 10.8 Å². The SMILES string of the molecule is O=C(NCc1nn(Cc2cccnc2)c(=O)c2ccccc12)C12CC3CC(CC(C3)C1)C2. The van der Waals surface area contributed by atoms with E-state index in [-0.39, 0.29) is 16.9 Å². The second kappa shape index (κ2) is 7.54. The quantitative estimate of drug-likeness (QED) is 0.673. The fourth-order valence-electron chi connectivity index (χ4n) is 6.95. The van der Waals surface area contributed by atoms with Crippen LogP contribution in [0.2, 0.25) is 0 Å². The Morgan fingerprint density at radius 2 is 1.69 bits per heavy atom. The van der Waals surface area contributed by atoms with E-state index < -0.39 is 0 Å². The molecule has 0 unspecified atom stereocenters. The second-order valence-electron chi connectivity index (χ2n) is 10.2. The Bertz CT molecular complexity index is 1200. The third-order valence-electron chi connectivity index (χ3n) is 7.94. The molecule has 0 atom stereocenters. The zero-order valence-electron chi connectivity index (χ0n) is 18.2. The molecule has 2 aromatic heterocycles. The predicted molar refractivity (Wildman–Crippen MR) is 122 cm³/mol. The van der Waals surface area contributed by atoms with E-state index in [4.69, 9.17) is 0 Å². The van der Waals surface area contributed by atoms with Crippen LogP contribution in [0.3, 0.4) is 0 Å². The van der Waals surface area contributed by atoms with Gasteiger partial charge in [0.05, 0.1) is 24.2 Å². The van der Waals surface area contributed by atoms with Crippen molar-refractivity contribution in [3.05, 3.63) is 70.4 Å². The van der Waals surface area contributed by atoms with E-state index in [0.717, 1.165) is 53.7 Å². The maximum atomic E-state index is 13.4. The van der Waals surface area contributed by atoms with Crippen molar-refractivity contribution in [3.63, 3.8) is 0 Å². The smallest absolute Gasteiger partial charge is 0.274 e. The standard InChI is InChI=1S/C26H28N4O2/c31-24-22-6-2-1-5-21(22)23(29-30(24)16-17-4-3-7-27-14-17)15-28-25(32)26-11-18-8-19(12-26)10-20(9-18)13-26/h1-7,14,18-20H,8-13,15-16H2,(H,28,32). The first kappa shape index (κ1) is 19.6. The van der Waals surface area contributed by atoms with Crippen LogP contribution in [0.1, 0.15) is 49.8 Å². The van der Waals surface area contributed by atoms with Crippen LogP contribution < -0.4 is 10.9 Å². The van der Waals surface area contributed by atoms with Gasteiger partial charge < -0.3 is 5.32 Å². The molecule has 0 saturated heterocycles.